The molecule has 3 rings (SSSR count). The van der Waals surface area contributed by atoms with Gasteiger partial charge in [0.15, 0.2) is 6.61 Å². The summed E-state index contributed by atoms with van der Waals surface area (Å²) in [6.07, 6.45) is 4.89. The van der Waals surface area contributed by atoms with E-state index in [1.165, 1.54) is 18.4 Å². The van der Waals surface area contributed by atoms with Crippen molar-refractivity contribution in [3.05, 3.63) is 29.8 Å². The first-order valence-corrected chi connectivity index (χ1v) is 9.35. The highest BCUT2D eigenvalue weighted by Gasteiger charge is 2.26. The fraction of sp³-hybridized carbons (Fsp3) is 0.650. The smallest absolute Gasteiger partial charge is 0.260 e. The number of piperidine rings is 1. The van der Waals surface area contributed by atoms with E-state index < -0.39 is 0 Å². The molecule has 0 atom stereocenters. The van der Waals surface area contributed by atoms with Crippen LogP contribution < -0.4 is 10.1 Å². The average molecular weight is 367 g/mol. The minimum Gasteiger partial charge on any atom is -0.484 e. The van der Waals surface area contributed by atoms with E-state index in [0.717, 1.165) is 44.1 Å². The molecular weight excluding hydrogens is 336 g/mol. The molecule has 1 heterocycles. The van der Waals surface area contributed by atoms with Crippen LogP contribution in [0.4, 0.5) is 0 Å². The normalized spacial score (nSPS) is 18.1. The number of likely N-dealkylation sites (tertiary alicyclic amines) is 1. The monoisotopic (exact) mass is 366 g/mol. The molecule has 0 unspecified atom stereocenters. The molecule has 0 bridgehead atoms. The zero-order valence-corrected chi connectivity index (χ0v) is 16.2. The van der Waals surface area contributed by atoms with Crippen LogP contribution in [0.1, 0.15) is 51.0 Å². The average Bonchev–Trinajstić information content (AvgIpc) is 3.43. The van der Waals surface area contributed by atoms with E-state index in [1.807, 2.05) is 17.0 Å². The maximum absolute atomic E-state index is 12.3. The lowest BCUT2D eigenvalue weighted by Crippen LogP contribution is -2.46. The minimum atomic E-state index is 0. The van der Waals surface area contributed by atoms with Crippen LogP contribution in [0.5, 0.6) is 5.75 Å². The Labute approximate surface area is 157 Å². The Bertz CT molecular complexity index is 535. The van der Waals surface area contributed by atoms with Crippen molar-refractivity contribution < 1.29 is 9.53 Å². The molecule has 0 aromatic heterocycles. The van der Waals surface area contributed by atoms with Gasteiger partial charge in [-0.15, -0.1) is 12.4 Å². The standard InChI is InChI=1S/C20H30N2O2.ClH/c1-15(2)17-5-7-19(8-6-17)24-14-20(23)22-11-9-18(10-12-22)21-13-16-3-4-16;/h5-8,15-16,18,21H,3-4,9-14H2,1-2H3;1H. The molecule has 140 valence electrons. The van der Waals surface area contributed by atoms with E-state index >= 15 is 0 Å². The maximum atomic E-state index is 12.3. The van der Waals surface area contributed by atoms with E-state index in [1.54, 1.807) is 0 Å². The van der Waals surface area contributed by atoms with Crippen LogP contribution in [-0.2, 0) is 4.79 Å². The van der Waals surface area contributed by atoms with Crippen molar-refractivity contribution in [3.63, 3.8) is 0 Å². The molecule has 0 spiro atoms. The molecule has 2 aliphatic rings. The van der Waals surface area contributed by atoms with Gasteiger partial charge in [0.05, 0.1) is 0 Å². The van der Waals surface area contributed by atoms with Gasteiger partial charge in [-0.05, 0) is 61.8 Å². The van der Waals surface area contributed by atoms with Crippen molar-refractivity contribution in [2.75, 3.05) is 26.2 Å². The molecule has 1 N–H and O–H groups in total. The van der Waals surface area contributed by atoms with Gasteiger partial charge in [0.25, 0.3) is 5.91 Å². The van der Waals surface area contributed by atoms with Crippen LogP contribution in [0.3, 0.4) is 0 Å². The van der Waals surface area contributed by atoms with Crippen molar-refractivity contribution in [3.8, 4) is 5.75 Å². The summed E-state index contributed by atoms with van der Waals surface area (Å²) >= 11 is 0. The highest BCUT2D eigenvalue weighted by molar-refractivity contribution is 5.85. The second-order valence-electron chi connectivity index (χ2n) is 7.52. The summed E-state index contributed by atoms with van der Waals surface area (Å²) in [5.41, 5.74) is 1.29. The molecule has 4 nitrogen and oxygen atoms in total. The Hall–Kier alpha value is -1.26. The number of nitrogens with zero attached hydrogens (tertiary/aromatic N) is 1. The summed E-state index contributed by atoms with van der Waals surface area (Å²) in [6, 6.07) is 8.63. The minimum absolute atomic E-state index is 0. The van der Waals surface area contributed by atoms with Crippen LogP contribution >= 0.6 is 12.4 Å². The Morgan fingerprint density at radius 2 is 1.80 bits per heavy atom. The Morgan fingerprint density at radius 3 is 2.36 bits per heavy atom. The number of rotatable bonds is 7. The second kappa shape index (κ2) is 9.44. The highest BCUT2D eigenvalue weighted by Crippen LogP contribution is 2.28. The van der Waals surface area contributed by atoms with E-state index in [0.29, 0.717) is 12.0 Å². The summed E-state index contributed by atoms with van der Waals surface area (Å²) in [5.74, 6) is 2.30. The van der Waals surface area contributed by atoms with Crippen molar-refractivity contribution in [2.24, 2.45) is 5.92 Å². The zero-order valence-electron chi connectivity index (χ0n) is 15.4. The predicted molar refractivity (Wildman–Crippen MR) is 104 cm³/mol. The number of carbonyl (C=O) groups is 1. The number of halogens is 1. The number of hydrogen-bond acceptors (Lipinski definition) is 3. The number of hydrogen-bond donors (Lipinski definition) is 1. The summed E-state index contributed by atoms with van der Waals surface area (Å²) in [6.45, 7) is 7.33. The van der Waals surface area contributed by atoms with Crippen molar-refractivity contribution in [2.45, 2.75) is 51.5 Å². The van der Waals surface area contributed by atoms with Gasteiger partial charge >= 0.3 is 0 Å². The van der Waals surface area contributed by atoms with Gasteiger partial charge in [-0.3, -0.25) is 4.79 Å². The Balaban J connectivity index is 0.00000225. The first kappa shape index (κ1) is 20.1. The third-order valence-corrected chi connectivity index (χ3v) is 5.15. The molecule has 1 saturated heterocycles. The summed E-state index contributed by atoms with van der Waals surface area (Å²) in [7, 11) is 0. The lowest BCUT2D eigenvalue weighted by Gasteiger charge is -2.32. The number of nitrogens with one attached hydrogen (secondary N) is 1. The molecule has 1 saturated carbocycles. The van der Waals surface area contributed by atoms with E-state index in [-0.39, 0.29) is 24.9 Å². The molecule has 1 amide bonds. The molecule has 1 aliphatic carbocycles. The van der Waals surface area contributed by atoms with Gasteiger partial charge in [-0.2, -0.15) is 0 Å². The summed E-state index contributed by atoms with van der Waals surface area (Å²) < 4.78 is 5.66. The molecule has 1 aromatic carbocycles. The quantitative estimate of drug-likeness (QED) is 0.801. The number of benzene rings is 1. The van der Waals surface area contributed by atoms with Crippen LogP contribution in [-0.4, -0.2) is 43.1 Å². The van der Waals surface area contributed by atoms with Crippen LogP contribution in [0.25, 0.3) is 0 Å². The highest BCUT2D eigenvalue weighted by atomic mass is 35.5. The molecule has 5 heteroatoms. The van der Waals surface area contributed by atoms with Crippen LogP contribution in [0.2, 0.25) is 0 Å². The van der Waals surface area contributed by atoms with Gasteiger partial charge in [0.1, 0.15) is 5.75 Å². The van der Waals surface area contributed by atoms with Gasteiger partial charge in [-0.25, -0.2) is 0 Å². The molecule has 1 aliphatic heterocycles. The first-order chi connectivity index (χ1) is 11.6. The maximum Gasteiger partial charge on any atom is 0.260 e. The van der Waals surface area contributed by atoms with E-state index in [9.17, 15) is 4.79 Å². The first-order valence-electron chi connectivity index (χ1n) is 9.35. The van der Waals surface area contributed by atoms with Gasteiger partial charge in [0, 0.05) is 19.1 Å². The lowest BCUT2D eigenvalue weighted by atomic mass is 10.0. The zero-order chi connectivity index (χ0) is 16.9. The van der Waals surface area contributed by atoms with Crippen LogP contribution in [0.15, 0.2) is 24.3 Å². The van der Waals surface area contributed by atoms with Gasteiger partial charge < -0.3 is 15.0 Å². The molecular formula is C20H31ClN2O2. The second-order valence-corrected chi connectivity index (χ2v) is 7.52. The van der Waals surface area contributed by atoms with Gasteiger partial charge in [0.2, 0.25) is 0 Å². The predicted octanol–water partition coefficient (Wildman–Crippen LogP) is 3.60. The fourth-order valence-corrected chi connectivity index (χ4v) is 3.17. The SMILES string of the molecule is CC(C)c1ccc(OCC(=O)N2CCC(NCC3CC3)CC2)cc1.Cl. The van der Waals surface area contributed by atoms with E-state index in [2.05, 4.69) is 31.3 Å². The van der Waals surface area contributed by atoms with Crippen molar-refractivity contribution >= 4 is 18.3 Å². The Morgan fingerprint density at radius 1 is 1.16 bits per heavy atom. The lowest BCUT2D eigenvalue weighted by molar-refractivity contribution is -0.134. The summed E-state index contributed by atoms with van der Waals surface area (Å²) in [5, 5.41) is 3.65. The van der Waals surface area contributed by atoms with Crippen molar-refractivity contribution in [1.29, 1.82) is 0 Å². The third-order valence-electron chi connectivity index (χ3n) is 5.15. The molecule has 25 heavy (non-hydrogen) atoms. The fourth-order valence-electron chi connectivity index (χ4n) is 3.17. The van der Waals surface area contributed by atoms with E-state index in [4.69, 9.17) is 4.74 Å². The molecule has 2 fully saturated rings. The number of amides is 1. The number of carbonyl (C=O) groups excluding carboxylic acids is 1. The Kier molecular flexibility index (Phi) is 7.57. The molecule has 1 aromatic rings. The van der Waals surface area contributed by atoms with Gasteiger partial charge in [-0.1, -0.05) is 26.0 Å². The van der Waals surface area contributed by atoms with Crippen LogP contribution in [0, 0.1) is 5.92 Å². The van der Waals surface area contributed by atoms with Crippen molar-refractivity contribution in [1.82, 2.24) is 10.2 Å². The number of ether oxygens (including phenoxy) is 1. The topological polar surface area (TPSA) is 41.6 Å². The summed E-state index contributed by atoms with van der Waals surface area (Å²) in [4.78, 5) is 14.3. The third kappa shape index (κ3) is 6.19. The molecule has 0 radical (unpaired) electrons. The largest absolute Gasteiger partial charge is 0.484 e.